The van der Waals surface area contributed by atoms with E-state index in [2.05, 4.69) is 4.90 Å². The van der Waals surface area contributed by atoms with Crippen molar-refractivity contribution in [2.24, 2.45) is 0 Å². The van der Waals surface area contributed by atoms with Crippen LogP contribution < -0.4 is 4.90 Å². The van der Waals surface area contributed by atoms with Crippen LogP contribution in [0.25, 0.3) is 0 Å². The van der Waals surface area contributed by atoms with Crippen LogP contribution in [0.4, 0.5) is 5.69 Å². The minimum atomic E-state index is -0.887. The second kappa shape index (κ2) is 5.07. The zero-order valence-corrected chi connectivity index (χ0v) is 11.6. The van der Waals surface area contributed by atoms with E-state index in [1.807, 2.05) is 13.0 Å². The van der Waals surface area contributed by atoms with Gasteiger partial charge < -0.3 is 19.5 Å². The van der Waals surface area contributed by atoms with E-state index in [0.29, 0.717) is 18.8 Å². The zero-order valence-electron chi connectivity index (χ0n) is 11.6. The van der Waals surface area contributed by atoms with Crippen molar-refractivity contribution < 1.29 is 19.4 Å². The number of ether oxygens (including phenoxy) is 2. The summed E-state index contributed by atoms with van der Waals surface area (Å²) in [5.74, 6) is -1.28. The zero-order chi connectivity index (χ0) is 14.2. The number of carboxylic acids is 1. The third-order valence-corrected chi connectivity index (χ3v) is 4.14. The highest BCUT2D eigenvalue weighted by atomic mass is 16.7. The maximum Gasteiger partial charge on any atom is 0.335 e. The van der Waals surface area contributed by atoms with Gasteiger partial charge in [-0.25, -0.2) is 4.79 Å². The summed E-state index contributed by atoms with van der Waals surface area (Å²) in [6.45, 7) is 5.00. The monoisotopic (exact) mass is 277 g/mol. The maximum atomic E-state index is 11.1. The molecule has 0 radical (unpaired) electrons. The summed E-state index contributed by atoms with van der Waals surface area (Å²) in [7, 11) is 0. The lowest BCUT2D eigenvalue weighted by molar-refractivity contribution is -0.169. The number of rotatable bonds is 2. The molecular formula is C15H19NO4. The Morgan fingerprint density at radius 1 is 1.25 bits per heavy atom. The van der Waals surface area contributed by atoms with E-state index >= 15 is 0 Å². The predicted molar refractivity (Wildman–Crippen MR) is 74.2 cm³/mol. The lowest BCUT2D eigenvalue weighted by atomic mass is 10.0. The standard InChI is InChI=1S/C15H19NO4/c1-11-2-3-12(14(17)18)10-13(11)16-6-4-15(5-7-16)19-8-9-20-15/h2-3,10H,4-9H2,1H3,(H,17,18). The quantitative estimate of drug-likeness (QED) is 0.896. The average molecular weight is 277 g/mol. The molecule has 5 heteroatoms. The van der Waals surface area contributed by atoms with Crippen LogP contribution in [-0.4, -0.2) is 43.2 Å². The number of benzene rings is 1. The summed E-state index contributed by atoms with van der Waals surface area (Å²) < 4.78 is 11.4. The highest BCUT2D eigenvalue weighted by Gasteiger charge is 2.40. The molecule has 1 aromatic rings. The Hall–Kier alpha value is -1.59. The van der Waals surface area contributed by atoms with Crippen LogP contribution in [0.3, 0.4) is 0 Å². The molecule has 3 rings (SSSR count). The first-order chi connectivity index (χ1) is 9.60. The first kappa shape index (κ1) is 13.4. The maximum absolute atomic E-state index is 11.1. The van der Waals surface area contributed by atoms with Gasteiger partial charge in [0, 0.05) is 31.6 Å². The lowest BCUT2D eigenvalue weighted by Crippen LogP contribution is -2.45. The highest BCUT2D eigenvalue weighted by Crippen LogP contribution is 2.34. The SMILES string of the molecule is Cc1ccc(C(=O)O)cc1N1CCC2(CC1)OCCO2. The molecule has 1 spiro atoms. The lowest BCUT2D eigenvalue weighted by Gasteiger charge is -2.39. The fourth-order valence-electron chi connectivity index (χ4n) is 2.96. The van der Waals surface area contributed by atoms with Gasteiger partial charge in [0.25, 0.3) is 0 Å². The molecule has 108 valence electrons. The molecule has 2 heterocycles. The largest absolute Gasteiger partial charge is 0.478 e. The molecular weight excluding hydrogens is 258 g/mol. The van der Waals surface area contributed by atoms with Crippen molar-refractivity contribution in [1.82, 2.24) is 0 Å². The van der Waals surface area contributed by atoms with Crippen molar-refractivity contribution in [1.29, 1.82) is 0 Å². The van der Waals surface area contributed by atoms with Gasteiger partial charge in [-0.1, -0.05) is 6.07 Å². The van der Waals surface area contributed by atoms with Crippen LogP contribution >= 0.6 is 0 Å². The Labute approximate surface area is 118 Å². The molecule has 20 heavy (non-hydrogen) atoms. The topological polar surface area (TPSA) is 59.0 Å². The summed E-state index contributed by atoms with van der Waals surface area (Å²) in [4.78, 5) is 13.3. The first-order valence-corrected chi connectivity index (χ1v) is 6.96. The molecule has 1 aromatic carbocycles. The third kappa shape index (κ3) is 2.39. The van der Waals surface area contributed by atoms with E-state index in [0.717, 1.165) is 37.2 Å². The second-order valence-corrected chi connectivity index (χ2v) is 5.40. The van der Waals surface area contributed by atoms with Gasteiger partial charge in [0.05, 0.1) is 18.8 Å². The van der Waals surface area contributed by atoms with Gasteiger partial charge in [0.2, 0.25) is 0 Å². The number of hydrogen-bond acceptors (Lipinski definition) is 4. The number of aryl methyl sites for hydroxylation is 1. The molecule has 2 fully saturated rings. The summed E-state index contributed by atoms with van der Waals surface area (Å²) in [6.07, 6.45) is 1.65. The molecule has 2 saturated heterocycles. The molecule has 0 amide bonds. The summed E-state index contributed by atoms with van der Waals surface area (Å²) in [5, 5.41) is 9.11. The molecule has 0 bridgehead atoms. The average Bonchev–Trinajstić information content (AvgIpc) is 2.89. The molecule has 2 aliphatic heterocycles. The number of carbonyl (C=O) groups is 1. The van der Waals surface area contributed by atoms with Crippen LogP contribution in [0, 0.1) is 6.92 Å². The van der Waals surface area contributed by atoms with E-state index in [4.69, 9.17) is 14.6 Å². The summed E-state index contributed by atoms with van der Waals surface area (Å²) in [6, 6.07) is 5.27. The van der Waals surface area contributed by atoms with Crippen molar-refractivity contribution in [2.45, 2.75) is 25.6 Å². The van der Waals surface area contributed by atoms with Crippen molar-refractivity contribution in [3.8, 4) is 0 Å². The fourth-order valence-corrected chi connectivity index (χ4v) is 2.96. The van der Waals surface area contributed by atoms with Crippen LogP contribution in [0.5, 0.6) is 0 Å². The minimum absolute atomic E-state index is 0.333. The highest BCUT2D eigenvalue weighted by molar-refractivity contribution is 5.89. The van der Waals surface area contributed by atoms with Crippen LogP contribution in [0.1, 0.15) is 28.8 Å². The van der Waals surface area contributed by atoms with Crippen molar-refractivity contribution in [2.75, 3.05) is 31.2 Å². The molecule has 0 atom stereocenters. The van der Waals surface area contributed by atoms with Crippen molar-refractivity contribution >= 4 is 11.7 Å². The number of hydrogen-bond donors (Lipinski definition) is 1. The molecule has 0 saturated carbocycles. The Morgan fingerprint density at radius 2 is 1.90 bits per heavy atom. The molecule has 1 N–H and O–H groups in total. The van der Waals surface area contributed by atoms with E-state index in [1.165, 1.54) is 0 Å². The van der Waals surface area contributed by atoms with Crippen molar-refractivity contribution in [3.63, 3.8) is 0 Å². The minimum Gasteiger partial charge on any atom is -0.478 e. The number of nitrogens with zero attached hydrogens (tertiary/aromatic N) is 1. The molecule has 5 nitrogen and oxygen atoms in total. The number of aromatic carboxylic acids is 1. The second-order valence-electron chi connectivity index (χ2n) is 5.40. The predicted octanol–water partition coefficient (Wildman–Crippen LogP) is 2.04. The van der Waals surface area contributed by atoms with Crippen molar-refractivity contribution in [3.05, 3.63) is 29.3 Å². The van der Waals surface area contributed by atoms with E-state index < -0.39 is 11.8 Å². The molecule has 0 aliphatic carbocycles. The van der Waals surface area contributed by atoms with Crippen LogP contribution in [0.2, 0.25) is 0 Å². The van der Waals surface area contributed by atoms with Gasteiger partial charge in [-0.2, -0.15) is 0 Å². The van der Waals surface area contributed by atoms with E-state index in [1.54, 1.807) is 12.1 Å². The summed E-state index contributed by atoms with van der Waals surface area (Å²) in [5.41, 5.74) is 2.43. The Balaban J connectivity index is 1.77. The Morgan fingerprint density at radius 3 is 2.50 bits per heavy atom. The van der Waals surface area contributed by atoms with E-state index in [-0.39, 0.29) is 0 Å². The molecule has 0 aromatic heterocycles. The smallest absolute Gasteiger partial charge is 0.335 e. The third-order valence-electron chi connectivity index (χ3n) is 4.14. The Kier molecular flexibility index (Phi) is 3.40. The van der Waals surface area contributed by atoms with Gasteiger partial charge in [-0.3, -0.25) is 0 Å². The number of piperidine rings is 1. The number of carboxylic acid groups (broad SMARTS) is 1. The molecule has 0 unspecified atom stereocenters. The molecule has 2 aliphatic rings. The number of anilines is 1. The summed E-state index contributed by atoms with van der Waals surface area (Å²) >= 11 is 0. The van der Waals surface area contributed by atoms with Crippen LogP contribution in [-0.2, 0) is 9.47 Å². The van der Waals surface area contributed by atoms with Gasteiger partial charge in [-0.15, -0.1) is 0 Å². The van der Waals surface area contributed by atoms with Gasteiger partial charge in [0.15, 0.2) is 5.79 Å². The Bertz CT molecular complexity index is 513. The first-order valence-electron chi connectivity index (χ1n) is 6.96. The normalized spacial score (nSPS) is 21.4. The van der Waals surface area contributed by atoms with Gasteiger partial charge in [-0.05, 0) is 24.6 Å². The van der Waals surface area contributed by atoms with Crippen LogP contribution in [0.15, 0.2) is 18.2 Å². The van der Waals surface area contributed by atoms with Gasteiger partial charge >= 0.3 is 5.97 Å². The fraction of sp³-hybridized carbons (Fsp3) is 0.533. The van der Waals surface area contributed by atoms with Gasteiger partial charge in [0.1, 0.15) is 0 Å². The van der Waals surface area contributed by atoms with E-state index in [9.17, 15) is 4.79 Å².